The van der Waals surface area contributed by atoms with Crippen molar-refractivity contribution in [2.24, 2.45) is 20.5 Å². The summed E-state index contributed by atoms with van der Waals surface area (Å²) in [7, 11) is -9.32. The molecule has 0 spiro atoms. The number of rotatable bonds is 9. The Morgan fingerprint density at radius 3 is 1.54 bits per heavy atom. The third-order valence-electron chi connectivity index (χ3n) is 6.57. The van der Waals surface area contributed by atoms with Crippen LogP contribution >= 0.6 is 0 Å². The molecule has 5 aromatic rings. The van der Waals surface area contributed by atoms with E-state index in [1.165, 1.54) is 24.3 Å². The average molecular weight is 823 g/mol. The molecule has 5 aromatic carbocycles. The van der Waals surface area contributed by atoms with Gasteiger partial charge < -0.3 is 20.4 Å². The van der Waals surface area contributed by atoms with Crippen LogP contribution in [-0.4, -0.2) is 40.7 Å². The van der Waals surface area contributed by atoms with Crippen LogP contribution in [-0.2, 0) is 37.6 Å². The summed E-state index contributed by atoms with van der Waals surface area (Å²) >= 11 is 0. The van der Waals surface area contributed by atoms with Gasteiger partial charge in [-0.15, -0.1) is 0 Å². The van der Waals surface area contributed by atoms with E-state index in [1.807, 2.05) is 0 Å². The zero-order valence-electron chi connectivity index (χ0n) is 27.0. The summed E-state index contributed by atoms with van der Waals surface area (Å²) in [5, 5.41) is 93.7. The Morgan fingerprint density at radius 1 is 0.537 bits per heavy atom. The Labute approximate surface area is 312 Å². The van der Waals surface area contributed by atoms with Gasteiger partial charge in [-0.25, -0.2) is 0 Å². The number of nitrogens with zero attached hydrogens (tertiary/aromatic N) is 7. The molecule has 0 fully saturated rings. The van der Waals surface area contributed by atoms with Crippen molar-refractivity contribution in [1.29, 1.82) is 0 Å². The molecule has 0 aliphatic carbocycles. The molecule has 0 saturated carbocycles. The van der Waals surface area contributed by atoms with Crippen LogP contribution in [0.25, 0.3) is 10.8 Å². The van der Waals surface area contributed by atoms with Crippen LogP contribution in [0.3, 0.4) is 0 Å². The zero-order valence-corrected chi connectivity index (χ0v) is 28.9. The van der Waals surface area contributed by atoms with E-state index in [0.29, 0.717) is 18.2 Å². The van der Waals surface area contributed by atoms with E-state index in [-0.39, 0.29) is 29.6 Å². The standard InChI is InChI=1S/C16H10N4O9S.C12H9N3O7S.Cr/c21-15-10-4-2-1-3-9(10)14(30(27,28)29)7-12(15)18-17-11-5-8(19(23)24)6-13(16(11)22)20(25)26;16-11-3-1-7(15(18)19)5-9(11)13-14-10-6-8(23(20,21)22)2-4-12(10)17;/h1-7,21-22H,(H,27,28,29);1-6,16-17H,(H,20,21,22);/q;;+3/p-3. The number of hydrogen-bond acceptors (Lipinski definition) is 18. The topological polar surface area (TPSA) is 380 Å². The molecule has 5 rings (SSSR count). The van der Waals surface area contributed by atoms with Crippen LogP contribution in [0.4, 0.5) is 39.8 Å². The van der Waals surface area contributed by atoms with E-state index >= 15 is 0 Å². The van der Waals surface area contributed by atoms with Crippen molar-refractivity contribution in [3.05, 3.63) is 109 Å². The molecule has 0 atom stereocenters. The van der Waals surface area contributed by atoms with Crippen molar-refractivity contribution in [2.45, 2.75) is 9.79 Å². The van der Waals surface area contributed by atoms with Gasteiger partial charge in [0, 0.05) is 29.3 Å². The van der Waals surface area contributed by atoms with Crippen molar-refractivity contribution in [3.8, 4) is 23.0 Å². The second kappa shape index (κ2) is 16.3. The predicted octanol–water partition coefficient (Wildman–Crippen LogP) is 3.98. The van der Waals surface area contributed by atoms with Crippen LogP contribution in [0.2, 0.25) is 0 Å². The normalized spacial score (nSPS) is 11.5. The maximum Gasteiger partial charge on any atom is 3.00 e. The molecule has 0 bridgehead atoms. The number of azo groups is 2. The molecule has 0 heterocycles. The van der Waals surface area contributed by atoms with E-state index in [1.54, 1.807) is 0 Å². The van der Waals surface area contributed by atoms with E-state index in [0.717, 1.165) is 36.4 Å². The Hall–Kier alpha value is -6.69. The van der Waals surface area contributed by atoms with Gasteiger partial charge >= 0.3 is 18.8 Å². The van der Waals surface area contributed by atoms with Gasteiger partial charge in [0.25, 0.3) is 37.3 Å². The van der Waals surface area contributed by atoms with Crippen LogP contribution in [0.5, 0.6) is 23.0 Å². The van der Waals surface area contributed by atoms with Crippen molar-refractivity contribution in [1.82, 2.24) is 0 Å². The first-order chi connectivity index (χ1) is 24.7. The van der Waals surface area contributed by atoms with Gasteiger partial charge in [-0.3, -0.25) is 39.4 Å². The first-order valence-electron chi connectivity index (χ1n) is 13.6. The average Bonchev–Trinajstić information content (AvgIpc) is 3.07. The van der Waals surface area contributed by atoms with E-state index in [2.05, 4.69) is 20.5 Å². The van der Waals surface area contributed by atoms with E-state index in [9.17, 15) is 72.2 Å². The van der Waals surface area contributed by atoms with E-state index in [4.69, 9.17) is 4.55 Å². The molecular formula is C28H16CrN7O16S2. The van der Waals surface area contributed by atoms with Gasteiger partial charge in [0.15, 0.2) is 0 Å². The number of nitro benzene ring substituents is 3. The Kier molecular flexibility index (Phi) is 12.6. The molecule has 54 heavy (non-hydrogen) atoms. The van der Waals surface area contributed by atoms with Gasteiger partial charge in [-0.05, 0) is 23.6 Å². The SMILES string of the molecule is O=[N+]([O-])c1cc(N=Nc2cc(S(=O)(=O)O)c3ccccc3c2[O-])c([O-])c([N+](=O)[O-])c1.O=[N+]([O-])c1ccc([O-])c(N=Nc2cc(S(=O)(=O)O)ccc2[O-])c1.[Cr+3].[H+]. The van der Waals surface area contributed by atoms with Crippen LogP contribution in [0.1, 0.15) is 1.43 Å². The van der Waals surface area contributed by atoms with Crippen molar-refractivity contribution >= 4 is 70.8 Å². The third-order valence-corrected chi connectivity index (χ3v) is 8.31. The van der Waals surface area contributed by atoms with Crippen molar-refractivity contribution in [2.75, 3.05) is 0 Å². The maximum absolute atomic E-state index is 12.5. The van der Waals surface area contributed by atoms with Gasteiger partial charge in [0.1, 0.15) is 4.90 Å². The van der Waals surface area contributed by atoms with Crippen molar-refractivity contribution < 1.29 is 79.9 Å². The monoisotopic (exact) mass is 822 g/mol. The largest absolute Gasteiger partial charge is 3.00 e. The molecule has 277 valence electrons. The number of hydrogen-bond donors (Lipinski definition) is 2. The molecule has 26 heteroatoms. The molecule has 0 unspecified atom stereocenters. The van der Waals surface area contributed by atoms with Gasteiger partial charge in [0.2, 0.25) is 0 Å². The second-order valence-electron chi connectivity index (χ2n) is 9.98. The van der Waals surface area contributed by atoms with Gasteiger partial charge in [0.05, 0.1) is 48.5 Å². The van der Waals surface area contributed by atoms with Gasteiger partial charge in [-0.2, -0.15) is 37.3 Å². The molecule has 0 saturated heterocycles. The van der Waals surface area contributed by atoms with Gasteiger partial charge in [-0.1, -0.05) is 53.6 Å². The first-order valence-corrected chi connectivity index (χ1v) is 16.5. The Balaban J connectivity index is 0.000000379. The summed E-state index contributed by atoms with van der Waals surface area (Å²) in [6.07, 6.45) is 0. The van der Waals surface area contributed by atoms with Crippen LogP contribution in [0, 0.1) is 30.3 Å². The molecule has 1 radical (unpaired) electrons. The van der Waals surface area contributed by atoms with Crippen LogP contribution in [0.15, 0.2) is 109 Å². The summed E-state index contributed by atoms with van der Waals surface area (Å²) in [6.45, 7) is 0. The fourth-order valence-electron chi connectivity index (χ4n) is 4.14. The minimum Gasteiger partial charge on any atom is -0.871 e. The first kappa shape index (κ1) is 41.7. The van der Waals surface area contributed by atoms with Crippen LogP contribution < -0.4 is 20.4 Å². The molecule has 0 amide bonds. The summed E-state index contributed by atoms with van der Waals surface area (Å²) < 4.78 is 63.6. The minimum atomic E-state index is -4.78. The summed E-state index contributed by atoms with van der Waals surface area (Å²) in [5.74, 6) is -3.48. The minimum absolute atomic E-state index is 0. The third kappa shape index (κ3) is 9.59. The molecule has 0 aliphatic rings. The smallest absolute Gasteiger partial charge is 0.871 e. The Bertz CT molecular complexity index is 2630. The number of fused-ring (bicyclic) bond motifs is 1. The molecule has 2 N–H and O–H groups in total. The molecular weight excluding hydrogens is 806 g/mol. The summed E-state index contributed by atoms with van der Waals surface area (Å²) in [4.78, 5) is 28.4. The Morgan fingerprint density at radius 2 is 1.02 bits per heavy atom. The fourth-order valence-corrected chi connectivity index (χ4v) is 5.35. The maximum atomic E-state index is 12.5. The summed E-state index contributed by atoms with van der Waals surface area (Å²) in [5.41, 5.74) is -4.60. The number of non-ortho nitro benzene ring substituents is 2. The quantitative estimate of drug-likeness (QED) is 0.0918. The second-order valence-corrected chi connectivity index (χ2v) is 12.8. The van der Waals surface area contributed by atoms with Crippen molar-refractivity contribution in [3.63, 3.8) is 0 Å². The molecule has 0 aromatic heterocycles. The number of benzene rings is 5. The number of nitro groups is 3. The molecule has 0 aliphatic heterocycles. The van der Waals surface area contributed by atoms with E-state index < -0.39 is 108 Å². The summed E-state index contributed by atoms with van der Waals surface area (Å²) in [6, 6.07) is 12.4. The predicted molar refractivity (Wildman–Crippen MR) is 170 cm³/mol. The zero-order chi connectivity index (χ0) is 39.4. The molecule has 23 nitrogen and oxygen atoms in total. The fraction of sp³-hybridized carbons (Fsp3) is 0.